The zero-order valence-electron chi connectivity index (χ0n) is 13.5. The Morgan fingerprint density at radius 2 is 1.52 bits per heavy atom. The van der Waals surface area contributed by atoms with Crippen LogP contribution < -0.4 is 4.72 Å². The van der Waals surface area contributed by atoms with Crippen molar-refractivity contribution >= 4 is 20.0 Å². The number of hydrogen-bond acceptors (Lipinski definition) is 4. The Bertz CT molecular complexity index is 721. The molecule has 0 amide bonds. The fraction of sp³-hybridized carbons (Fsp3) is 0.600. The van der Waals surface area contributed by atoms with Crippen molar-refractivity contribution in [2.24, 2.45) is 0 Å². The maximum Gasteiger partial charge on any atom is 0.243 e. The lowest BCUT2D eigenvalue weighted by molar-refractivity contribution is 0.346. The highest BCUT2D eigenvalue weighted by atomic mass is 32.2. The number of nitrogens with zero attached hydrogens (tertiary/aromatic N) is 1. The van der Waals surface area contributed by atoms with Gasteiger partial charge >= 0.3 is 0 Å². The van der Waals surface area contributed by atoms with Gasteiger partial charge in [0.15, 0.2) is 0 Å². The molecule has 0 spiro atoms. The molecular weight excluding hydrogens is 336 g/mol. The van der Waals surface area contributed by atoms with Crippen LogP contribution in [0.1, 0.15) is 39.5 Å². The lowest BCUT2D eigenvalue weighted by Gasteiger charge is -2.25. The van der Waals surface area contributed by atoms with E-state index in [9.17, 15) is 16.8 Å². The van der Waals surface area contributed by atoms with Crippen molar-refractivity contribution in [3.63, 3.8) is 0 Å². The van der Waals surface area contributed by atoms with Crippen LogP contribution in [0.15, 0.2) is 34.1 Å². The molecule has 0 aliphatic carbocycles. The zero-order chi connectivity index (χ0) is 17.1. The van der Waals surface area contributed by atoms with Crippen LogP contribution in [0.5, 0.6) is 0 Å². The van der Waals surface area contributed by atoms with Gasteiger partial charge in [-0.25, -0.2) is 21.6 Å². The maximum atomic E-state index is 12.5. The van der Waals surface area contributed by atoms with Crippen molar-refractivity contribution in [2.75, 3.05) is 13.1 Å². The van der Waals surface area contributed by atoms with Crippen LogP contribution in [0.4, 0.5) is 0 Å². The number of sulfonamides is 2. The van der Waals surface area contributed by atoms with Crippen LogP contribution in [0, 0.1) is 0 Å². The summed E-state index contributed by atoms with van der Waals surface area (Å²) >= 11 is 0. The third-order valence-corrected chi connectivity index (χ3v) is 7.57. The molecule has 1 aliphatic heterocycles. The third-order valence-electron chi connectivity index (χ3n) is 4.06. The first-order valence-corrected chi connectivity index (χ1v) is 10.8. The van der Waals surface area contributed by atoms with Gasteiger partial charge in [0, 0.05) is 19.1 Å². The van der Waals surface area contributed by atoms with Crippen LogP contribution in [-0.2, 0) is 20.0 Å². The van der Waals surface area contributed by atoms with E-state index < -0.39 is 20.0 Å². The molecule has 0 bridgehead atoms. The molecular formula is C15H24N2O4S2. The van der Waals surface area contributed by atoms with E-state index in [0.29, 0.717) is 19.5 Å². The van der Waals surface area contributed by atoms with Gasteiger partial charge in [0.1, 0.15) is 0 Å². The van der Waals surface area contributed by atoms with Crippen molar-refractivity contribution in [2.45, 2.75) is 55.4 Å². The summed E-state index contributed by atoms with van der Waals surface area (Å²) in [7, 11) is -7.15. The van der Waals surface area contributed by atoms with Gasteiger partial charge in [-0.3, -0.25) is 0 Å². The molecule has 2 rings (SSSR count). The fourth-order valence-corrected chi connectivity index (χ4v) is 5.31. The van der Waals surface area contributed by atoms with E-state index in [1.54, 1.807) is 6.92 Å². The Kier molecular flexibility index (Phi) is 5.83. The van der Waals surface area contributed by atoms with Crippen LogP contribution in [0.25, 0.3) is 0 Å². The van der Waals surface area contributed by atoms with E-state index in [2.05, 4.69) is 4.72 Å². The Morgan fingerprint density at radius 1 is 1.00 bits per heavy atom. The largest absolute Gasteiger partial charge is 0.243 e. The van der Waals surface area contributed by atoms with Crippen molar-refractivity contribution in [3.05, 3.63) is 24.3 Å². The van der Waals surface area contributed by atoms with Gasteiger partial charge in [0.2, 0.25) is 20.0 Å². The van der Waals surface area contributed by atoms with E-state index in [-0.39, 0.29) is 15.8 Å². The van der Waals surface area contributed by atoms with Crippen molar-refractivity contribution in [1.82, 2.24) is 9.03 Å². The highest BCUT2D eigenvalue weighted by molar-refractivity contribution is 7.89. The summed E-state index contributed by atoms with van der Waals surface area (Å²) in [6, 6.07) is 5.27. The van der Waals surface area contributed by atoms with Gasteiger partial charge in [-0.05, 0) is 50.5 Å². The molecule has 23 heavy (non-hydrogen) atoms. The summed E-state index contributed by atoms with van der Waals surface area (Å²) < 4.78 is 53.5. The molecule has 1 aromatic carbocycles. The van der Waals surface area contributed by atoms with Crippen LogP contribution in [0.3, 0.4) is 0 Å². The van der Waals surface area contributed by atoms with E-state index >= 15 is 0 Å². The van der Waals surface area contributed by atoms with Gasteiger partial charge < -0.3 is 0 Å². The molecule has 1 aliphatic rings. The minimum atomic E-state index is -3.62. The summed E-state index contributed by atoms with van der Waals surface area (Å²) in [6.45, 7) is 4.73. The first-order valence-electron chi connectivity index (χ1n) is 7.90. The molecule has 6 nitrogen and oxygen atoms in total. The normalized spacial score (nSPS) is 18.7. The highest BCUT2D eigenvalue weighted by Crippen LogP contribution is 2.22. The molecule has 1 unspecified atom stereocenters. The Balaban J connectivity index is 2.22. The SMILES string of the molecule is CCC(C)NS(=O)(=O)c1ccc(S(=O)(=O)N2CCCCC2)cc1. The molecule has 1 fully saturated rings. The van der Waals surface area contributed by atoms with Gasteiger partial charge in [-0.1, -0.05) is 13.3 Å². The second-order valence-electron chi connectivity index (χ2n) is 5.87. The van der Waals surface area contributed by atoms with Gasteiger partial charge in [-0.15, -0.1) is 0 Å². The molecule has 1 saturated heterocycles. The minimum absolute atomic E-state index is 0.0791. The molecule has 0 aromatic heterocycles. The Labute approximate surface area is 139 Å². The Hall–Kier alpha value is -0.960. The summed E-state index contributed by atoms with van der Waals surface area (Å²) in [5, 5.41) is 0. The van der Waals surface area contributed by atoms with E-state index in [4.69, 9.17) is 0 Å². The van der Waals surface area contributed by atoms with Crippen molar-refractivity contribution in [3.8, 4) is 0 Å². The number of rotatable bonds is 6. The molecule has 1 atom stereocenters. The lowest BCUT2D eigenvalue weighted by Crippen LogP contribution is -2.35. The average Bonchev–Trinajstić information content (AvgIpc) is 2.55. The highest BCUT2D eigenvalue weighted by Gasteiger charge is 2.26. The van der Waals surface area contributed by atoms with Gasteiger partial charge in [0.05, 0.1) is 9.79 Å². The molecule has 130 valence electrons. The van der Waals surface area contributed by atoms with E-state index in [0.717, 1.165) is 19.3 Å². The molecule has 1 heterocycles. The number of hydrogen-bond donors (Lipinski definition) is 1. The van der Waals surface area contributed by atoms with E-state index in [1.165, 1.54) is 28.6 Å². The van der Waals surface area contributed by atoms with Gasteiger partial charge in [0.25, 0.3) is 0 Å². The molecule has 0 saturated carbocycles. The molecule has 8 heteroatoms. The third kappa shape index (κ3) is 4.32. The predicted molar refractivity (Wildman–Crippen MR) is 89.1 cm³/mol. The van der Waals surface area contributed by atoms with Crippen molar-refractivity contribution in [1.29, 1.82) is 0 Å². The maximum absolute atomic E-state index is 12.5. The minimum Gasteiger partial charge on any atom is -0.208 e. The zero-order valence-corrected chi connectivity index (χ0v) is 15.2. The summed E-state index contributed by atoms with van der Waals surface area (Å²) in [5.74, 6) is 0. The molecule has 1 N–H and O–H groups in total. The summed E-state index contributed by atoms with van der Waals surface area (Å²) in [6.07, 6.45) is 3.46. The number of nitrogens with one attached hydrogen (secondary N) is 1. The number of benzene rings is 1. The average molecular weight is 361 g/mol. The van der Waals surface area contributed by atoms with Crippen LogP contribution >= 0.6 is 0 Å². The molecule has 0 radical (unpaired) electrons. The Morgan fingerprint density at radius 3 is 2.04 bits per heavy atom. The second kappa shape index (κ2) is 7.29. The van der Waals surface area contributed by atoms with Crippen LogP contribution in [0.2, 0.25) is 0 Å². The first kappa shape index (κ1) is 18.4. The lowest BCUT2D eigenvalue weighted by atomic mass is 10.2. The fourth-order valence-electron chi connectivity index (χ4n) is 2.46. The van der Waals surface area contributed by atoms with Crippen molar-refractivity contribution < 1.29 is 16.8 Å². The predicted octanol–water partition coefficient (Wildman–Crippen LogP) is 1.94. The summed E-state index contributed by atoms with van der Waals surface area (Å²) in [4.78, 5) is 0.220. The van der Waals surface area contributed by atoms with Crippen LogP contribution in [-0.4, -0.2) is 40.3 Å². The standard InChI is InChI=1S/C15H24N2O4S2/c1-3-13(2)16-22(18,19)14-7-9-15(10-8-14)23(20,21)17-11-5-4-6-12-17/h7-10,13,16H,3-6,11-12H2,1-2H3. The quantitative estimate of drug-likeness (QED) is 0.840. The first-order chi connectivity index (χ1) is 10.8. The second-order valence-corrected chi connectivity index (χ2v) is 9.52. The summed E-state index contributed by atoms with van der Waals surface area (Å²) in [5.41, 5.74) is 0. The monoisotopic (exact) mass is 360 g/mol. The van der Waals surface area contributed by atoms with Gasteiger partial charge in [-0.2, -0.15) is 4.31 Å². The smallest absolute Gasteiger partial charge is 0.208 e. The topological polar surface area (TPSA) is 83.5 Å². The number of piperidine rings is 1. The van der Waals surface area contributed by atoms with E-state index in [1.807, 2.05) is 6.92 Å². The molecule has 1 aromatic rings.